The Kier molecular flexibility index (Phi) is 6.55. The number of aliphatic hydroxyl groups excluding tert-OH is 1. The molecule has 0 aliphatic carbocycles. The standard InChI is InChI=1S/C20H20F3N3O6/c1-32-7-6-26-14(27)10-25-9-12(16(28)17(29)15(25)19(26)31)18(30)24-8-11-4-2-3-5-13(11)20(21,22)23/h2-5,9,14,27,29H,6-8,10H2,1H3,(H,24,30). The maximum absolute atomic E-state index is 13.1. The molecule has 2 aromatic rings. The van der Waals surface area contributed by atoms with Gasteiger partial charge in [0.2, 0.25) is 5.43 Å². The molecule has 0 fully saturated rings. The SMILES string of the molecule is COCCN1C(=O)c2c(O)c(=O)c(C(=O)NCc3ccccc3C(F)(F)F)cn2CC1O. The van der Waals surface area contributed by atoms with Gasteiger partial charge in [0.05, 0.1) is 18.7 Å². The molecule has 0 bridgehead atoms. The fourth-order valence-electron chi connectivity index (χ4n) is 3.39. The lowest BCUT2D eigenvalue weighted by molar-refractivity contribution is -0.138. The topological polar surface area (TPSA) is 121 Å². The molecule has 0 saturated carbocycles. The molecule has 1 aliphatic rings. The van der Waals surface area contributed by atoms with E-state index in [9.17, 15) is 37.8 Å². The van der Waals surface area contributed by atoms with Gasteiger partial charge in [0.25, 0.3) is 11.8 Å². The van der Waals surface area contributed by atoms with E-state index < -0.39 is 58.8 Å². The van der Waals surface area contributed by atoms with Crippen molar-refractivity contribution in [3.8, 4) is 5.75 Å². The molecule has 2 amide bonds. The van der Waals surface area contributed by atoms with E-state index in [-0.39, 0.29) is 25.3 Å². The highest BCUT2D eigenvalue weighted by Gasteiger charge is 2.36. The number of hydrogen-bond acceptors (Lipinski definition) is 6. The maximum atomic E-state index is 13.1. The van der Waals surface area contributed by atoms with E-state index in [0.29, 0.717) is 0 Å². The van der Waals surface area contributed by atoms with Crippen LogP contribution in [0.3, 0.4) is 0 Å². The number of pyridine rings is 1. The van der Waals surface area contributed by atoms with Crippen LogP contribution in [-0.2, 0) is 24.0 Å². The quantitative estimate of drug-likeness (QED) is 0.596. The summed E-state index contributed by atoms with van der Waals surface area (Å²) in [6, 6.07) is 4.63. The number of benzene rings is 1. The molecule has 1 aliphatic heterocycles. The molecule has 1 atom stereocenters. The number of carbonyl (C=O) groups is 2. The number of nitrogens with zero attached hydrogens (tertiary/aromatic N) is 2. The number of amides is 2. The lowest BCUT2D eigenvalue weighted by Gasteiger charge is -2.34. The number of aromatic hydroxyl groups is 1. The number of rotatable bonds is 6. The molecule has 1 aromatic carbocycles. The van der Waals surface area contributed by atoms with Crippen molar-refractivity contribution in [3.63, 3.8) is 0 Å². The number of aliphatic hydroxyl groups is 1. The number of hydrogen-bond donors (Lipinski definition) is 3. The van der Waals surface area contributed by atoms with Crippen LogP contribution in [0.4, 0.5) is 13.2 Å². The molecular formula is C20H20F3N3O6. The Morgan fingerprint density at radius 2 is 1.97 bits per heavy atom. The highest BCUT2D eigenvalue weighted by molar-refractivity contribution is 5.99. The number of aromatic nitrogens is 1. The van der Waals surface area contributed by atoms with Gasteiger partial charge in [-0.3, -0.25) is 14.4 Å². The summed E-state index contributed by atoms with van der Waals surface area (Å²) >= 11 is 0. The van der Waals surface area contributed by atoms with Gasteiger partial charge < -0.3 is 29.7 Å². The molecule has 1 unspecified atom stereocenters. The predicted molar refractivity (Wildman–Crippen MR) is 104 cm³/mol. The largest absolute Gasteiger partial charge is 0.503 e. The summed E-state index contributed by atoms with van der Waals surface area (Å²) in [5.74, 6) is -2.87. The van der Waals surface area contributed by atoms with E-state index in [4.69, 9.17) is 4.74 Å². The van der Waals surface area contributed by atoms with Gasteiger partial charge in [-0.1, -0.05) is 18.2 Å². The first-order valence-corrected chi connectivity index (χ1v) is 9.44. The summed E-state index contributed by atoms with van der Waals surface area (Å²) < 4.78 is 45.3. The molecule has 12 heteroatoms. The van der Waals surface area contributed by atoms with Crippen LogP contribution in [0.15, 0.2) is 35.3 Å². The van der Waals surface area contributed by atoms with E-state index in [0.717, 1.165) is 21.7 Å². The van der Waals surface area contributed by atoms with Crippen LogP contribution in [-0.4, -0.2) is 58.0 Å². The molecular weight excluding hydrogens is 435 g/mol. The Morgan fingerprint density at radius 1 is 1.28 bits per heavy atom. The van der Waals surface area contributed by atoms with Crippen LogP contribution >= 0.6 is 0 Å². The molecule has 2 heterocycles. The zero-order valence-electron chi connectivity index (χ0n) is 16.8. The molecule has 1 aromatic heterocycles. The van der Waals surface area contributed by atoms with Crippen LogP contribution in [0, 0.1) is 0 Å². The van der Waals surface area contributed by atoms with Crippen LogP contribution in [0.1, 0.15) is 32.0 Å². The minimum atomic E-state index is -4.63. The van der Waals surface area contributed by atoms with Gasteiger partial charge in [0.1, 0.15) is 11.8 Å². The molecule has 3 N–H and O–H groups in total. The zero-order chi connectivity index (χ0) is 23.6. The van der Waals surface area contributed by atoms with Crippen molar-refractivity contribution in [2.75, 3.05) is 20.3 Å². The Balaban J connectivity index is 1.88. The van der Waals surface area contributed by atoms with Crippen LogP contribution < -0.4 is 10.7 Å². The maximum Gasteiger partial charge on any atom is 0.416 e. The van der Waals surface area contributed by atoms with Crippen molar-refractivity contribution < 1.29 is 37.7 Å². The molecule has 172 valence electrons. The number of nitrogens with one attached hydrogen (secondary N) is 1. The van der Waals surface area contributed by atoms with Gasteiger partial charge in [-0.25, -0.2) is 0 Å². The third-order valence-corrected chi connectivity index (χ3v) is 4.98. The van der Waals surface area contributed by atoms with Crippen molar-refractivity contribution in [1.29, 1.82) is 0 Å². The van der Waals surface area contributed by atoms with Gasteiger partial charge in [-0.15, -0.1) is 0 Å². The Labute approximate surface area is 179 Å². The zero-order valence-corrected chi connectivity index (χ0v) is 16.8. The van der Waals surface area contributed by atoms with E-state index in [1.54, 1.807) is 0 Å². The second-order valence-corrected chi connectivity index (χ2v) is 7.03. The second-order valence-electron chi connectivity index (χ2n) is 7.03. The first-order chi connectivity index (χ1) is 15.1. The summed E-state index contributed by atoms with van der Waals surface area (Å²) in [4.78, 5) is 38.6. The van der Waals surface area contributed by atoms with Gasteiger partial charge in [-0.2, -0.15) is 13.2 Å². The summed E-state index contributed by atoms with van der Waals surface area (Å²) in [6.07, 6.45) is -4.95. The Hall–Kier alpha value is -3.38. The van der Waals surface area contributed by atoms with Gasteiger partial charge in [0.15, 0.2) is 11.4 Å². The number of methoxy groups -OCH3 is 1. The summed E-state index contributed by atoms with van der Waals surface area (Å²) in [5, 5.41) is 22.7. The van der Waals surface area contributed by atoms with Crippen LogP contribution in [0.2, 0.25) is 0 Å². The van der Waals surface area contributed by atoms with E-state index in [1.807, 2.05) is 0 Å². The third kappa shape index (κ3) is 4.46. The highest BCUT2D eigenvalue weighted by atomic mass is 19.4. The Morgan fingerprint density at radius 3 is 2.62 bits per heavy atom. The van der Waals surface area contributed by atoms with Gasteiger partial charge >= 0.3 is 6.18 Å². The second kappa shape index (κ2) is 9.01. The molecule has 0 spiro atoms. The van der Waals surface area contributed by atoms with Gasteiger partial charge in [-0.05, 0) is 11.6 Å². The van der Waals surface area contributed by atoms with Crippen LogP contribution in [0.25, 0.3) is 0 Å². The van der Waals surface area contributed by atoms with Crippen molar-refractivity contribution >= 4 is 11.8 Å². The van der Waals surface area contributed by atoms with Crippen molar-refractivity contribution in [2.24, 2.45) is 0 Å². The minimum Gasteiger partial charge on any atom is -0.503 e. The average molecular weight is 455 g/mol. The number of halogens is 3. The van der Waals surface area contributed by atoms with Gasteiger partial charge in [0, 0.05) is 26.4 Å². The van der Waals surface area contributed by atoms with Crippen molar-refractivity contribution in [1.82, 2.24) is 14.8 Å². The summed E-state index contributed by atoms with van der Waals surface area (Å²) in [7, 11) is 1.40. The molecule has 3 rings (SSSR count). The van der Waals surface area contributed by atoms with E-state index in [1.165, 1.54) is 25.3 Å². The smallest absolute Gasteiger partial charge is 0.416 e. The summed E-state index contributed by atoms with van der Waals surface area (Å²) in [6.45, 7) is -0.655. The molecule has 0 saturated heterocycles. The summed E-state index contributed by atoms with van der Waals surface area (Å²) in [5.41, 5.74) is -3.30. The fraction of sp³-hybridized carbons (Fsp3) is 0.350. The number of carbonyl (C=O) groups excluding carboxylic acids is 2. The van der Waals surface area contributed by atoms with E-state index in [2.05, 4.69) is 5.32 Å². The lowest BCUT2D eigenvalue weighted by atomic mass is 10.1. The first kappa shape index (κ1) is 23.3. The predicted octanol–water partition coefficient (Wildman–Crippen LogP) is 0.923. The minimum absolute atomic E-state index is 0.00494. The lowest BCUT2D eigenvalue weighted by Crippen LogP contribution is -2.50. The first-order valence-electron chi connectivity index (χ1n) is 9.44. The van der Waals surface area contributed by atoms with Crippen molar-refractivity contribution in [2.45, 2.75) is 25.5 Å². The number of alkyl halides is 3. The molecule has 0 radical (unpaired) electrons. The van der Waals surface area contributed by atoms with Crippen molar-refractivity contribution in [3.05, 3.63) is 63.1 Å². The average Bonchev–Trinajstić information content (AvgIpc) is 2.73. The molecule has 32 heavy (non-hydrogen) atoms. The molecule has 9 nitrogen and oxygen atoms in total. The fourth-order valence-corrected chi connectivity index (χ4v) is 3.39. The monoisotopic (exact) mass is 455 g/mol. The number of fused-ring (bicyclic) bond motifs is 1. The van der Waals surface area contributed by atoms with Crippen LogP contribution in [0.5, 0.6) is 5.75 Å². The highest BCUT2D eigenvalue weighted by Crippen LogP contribution is 2.31. The third-order valence-electron chi connectivity index (χ3n) is 4.98. The van der Waals surface area contributed by atoms with E-state index >= 15 is 0 Å². The Bertz CT molecular complexity index is 1100. The number of ether oxygens (including phenoxy) is 1. The normalized spacial score (nSPS) is 16.1.